The van der Waals surface area contributed by atoms with Crippen LogP contribution in [0.15, 0.2) is 12.3 Å². The molecule has 3 nitrogen and oxygen atoms in total. The van der Waals surface area contributed by atoms with Gasteiger partial charge in [-0.3, -0.25) is 0 Å². The topological polar surface area (TPSA) is 31.4 Å². The molecule has 18 heavy (non-hydrogen) atoms. The van der Waals surface area contributed by atoms with E-state index < -0.39 is 24.1 Å². The summed E-state index contributed by atoms with van der Waals surface area (Å²) < 4.78 is 25.4. The van der Waals surface area contributed by atoms with Gasteiger partial charge >= 0.3 is 7.12 Å². The smallest absolute Gasteiger partial charge is 0.399 e. The third kappa shape index (κ3) is 1.92. The molecule has 0 bridgehead atoms. The predicted molar refractivity (Wildman–Crippen MR) is 67.8 cm³/mol. The molecule has 1 aromatic heterocycles. The zero-order chi connectivity index (χ0) is 13.6. The summed E-state index contributed by atoms with van der Waals surface area (Å²) in [5.41, 5.74) is -0.662. The summed E-state index contributed by atoms with van der Waals surface area (Å²) in [6.45, 7) is 7.60. The number of aromatic nitrogens is 1. The highest BCUT2D eigenvalue weighted by molar-refractivity contribution is 6.62. The van der Waals surface area contributed by atoms with E-state index in [1.54, 1.807) is 0 Å². The van der Waals surface area contributed by atoms with Gasteiger partial charge in [-0.2, -0.15) is 0 Å². The molecule has 5 heteroatoms. The molecular formula is C13H15BFNO2. The van der Waals surface area contributed by atoms with Crippen LogP contribution in [0.1, 0.15) is 33.4 Å². The van der Waals surface area contributed by atoms with Gasteiger partial charge in [-0.15, -0.1) is 6.42 Å². The van der Waals surface area contributed by atoms with Crippen molar-refractivity contribution in [3.8, 4) is 12.3 Å². The summed E-state index contributed by atoms with van der Waals surface area (Å²) in [5.74, 6) is 1.90. The van der Waals surface area contributed by atoms with E-state index in [1.807, 2.05) is 27.7 Å². The summed E-state index contributed by atoms with van der Waals surface area (Å²) in [5, 5.41) is 0. The number of nitrogens with zero attached hydrogens (tertiary/aromatic N) is 1. The maximum absolute atomic E-state index is 13.9. The van der Waals surface area contributed by atoms with Gasteiger partial charge in [0, 0.05) is 6.20 Å². The van der Waals surface area contributed by atoms with Crippen LogP contribution < -0.4 is 5.46 Å². The second-order valence-corrected chi connectivity index (χ2v) is 5.29. The summed E-state index contributed by atoms with van der Waals surface area (Å²) in [4.78, 5) is 3.96. The monoisotopic (exact) mass is 247 g/mol. The van der Waals surface area contributed by atoms with Gasteiger partial charge in [0.2, 0.25) is 0 Å². The normalized spacial score (nSPS) is 20.8. The van der Waals surface area contributed by atoms with Crippen LogP contribution in [0, 0.1) is 18.2 Å². The summed E-state index contributed by atoms with van der Waals surface area (Å²) in [6.07, 6.45) is 6.66. The fourth-order valence-corrected chi connectivity index (χ4v) is 1.75. The zero-order valence-electron chi connectivity index (χ0n) is 11.0. The van der Waals surface area contributed by atoms with Crippen LogP contribution in [0.3, 0.4) is 0 Å². The Morgan fingerprint density at radius 3 is 2.33 bits per heavy atom. The number of pyridine rings is 1. The molecule has 0 unspecified atom stereocenters. The van der Waals surface area contributed by atoms with Gasteiger partial charge in [0.05, 0.1) is 16.7 Å². The summed E-state index contributed by atoms with van der Waals surface area (Å²) in [7, 11) is -0.824. The average molecular weight is 247 g/mol. The minimum absolute atomic E-state index is 0.193. The second kappa shape index (κ2) is 4.08. The first kappa shape index (κ1) is 13.1. The van der Waals surface area contributed by atoms with Crippen molar-refractivity contribution >= 4 is 12.6 Å². The molecule has 1 saturated heterocycles. The molecule has 1 aliphatic heterocycles. The van der Waals surface area contributed by atoms with Gasteiger partial charge in [-0.1, -0.05) is 5.92 Å². The highest BCUT2D eigenvalue weighted by Crippen LogP contribution is 2.36. The molecule has 0 aromatic carbocycles. The van der Waals surface area contributed by atoms with E-state index in [-0.39, 0.29) is 11.2 Å². The molecule has 0 radical (unpaired) electrons. The Bertz CT molecular complexity index is 506. The zero-order valence-corrected chi connectivity index (χ0v) is 11.0. The quantitative estimate of drug-likeness (QED) is 0.556. The predicted octanol–water partition coefficient (Wildman–Crippen LogP) is 1.50. The largest absolute Gasteiger partial charge is 0.500 e. The maximum atomic E-state index is 13.9. The van der Waals surface area contributed by atoms with Crippen molar-refractivity contribution in [3.63, 3.8) is 0 Å². The van der Waals surface area contributed by atoms with E-state index in [4.69, 9.17) is 15.7 Å². The third-order valence-corrected chi connectivity index (χ3v) is 3.56. The molecule has 0 saturated carbocycles. The Morgan fingerprint density at radius 1 is 1.28 bits per heavy atom. The van der Waals surface area contributed by atoms with E-state index in [0.29, 0.717) is 0 Å². The van der Waals surface area contributed by atoms with Crippen molar-refractivity contribution < 1.29 is 13.7 Å². The highest BCUT2D eigenvalue weighted by Gasteiger charge is 2.53. The third-order valence-electron chi connectivity index (χ3n) is 3.56. The molecular weight excluding hydrogens is 232 g/mol. The number of halogens is 1. The van der Waals surface area contributed by atoms with Crippen molar-refractivity contribution in [2.24, 2.45) is 0 Å². The van der Waals surface area contributed by atoms with Crippen molar-refractivity contribution in [2.45, 2.75) is 38.9 Å². The van der Waals surface area contributed by atoms with Gasteiger partial charge < -0.3 is 9.31 Å². The van der Waals surface area contributed by atoms with Crippen molar-refractivity contribution in [3.05, 3.63) is 23.8 Å². The second-order valence-electron chi connectivity index (χ2n) is 5.29. The lowest BCUT2D eigenvalue weighted by atomic mass is 9.77. The van der Waals surface area contributed by atoms with E-state index in [9.17, 15) is 4.39 Å². The molecule has 0 aliphatic carbocycles. The van der Waals surface area contributed by atoms with Gasteiger partial charge in [0.15, 0.2) is 0 Å². The van der Waals surface area contributed by atoms with E-state index in [0.717, 1.165) is 0 Å². The Balaban J connectivity index is 2.45. The Hall–Kier alpha value is -1.38. The SMILES string of the molecule is C#Cc1nccc(F)c1B1OC(C)(C)C(C)(C)O1. The Morgan fingerprint density at radius 2 is 1.83 bits per heavy atom. The van der Waals surface area contributed by atoms with E-state index in [2.05, 4.69) is 10.9 Å². The first-order valence-corrected chi connectivity index (χ1v) is 5.75. The summed E-state index contributed by atoms with van der Waals surface area (Å²) >= 11 is 0. The molecule has 2 heterocycles. The molecule has 0 N–H and O–H groups in total. The van der Waals surface area contributed by atoms with Gasteiger partial charge in [-0.25, -0.2) is 9.37 Å². The van der Waals surface area contributed by atoms with Crippen LogP contribution in [0.25, 0.3) is 0 Å². The fourth-order valence-electron chi connectivity index (χ4n) is 1.75. The van der Waals surface area contributed by atoms with Gasteiger partial charge in [0.1, 0.15) is 11.5 Å². The van der Waals surface area contributed by atoms with Crippen LogP contribution in [-0.2, 0) is 9.31 Å². The molecule has 2 rings (SSSR count). The molecule has 1 fully saturated rings. The molecule has 1 aromatic rings. The number of terminal acetylenes is 1. The average Bonchev–Trinajstić information content (AvgIpc) is 2.47. The fraction of sp³-hybridized carbons (Fsp3) is 0.462. The van der Waals surface area contributed by atoms with E-state index >= 15 is 0 Å². The van der Waals surface area contributed by atoms with Crippen LogP contribution in [-0.4, -0.2) is 23.3 Å². The first-order valence-electron chi connectivity index (χ1n) is 5.75. The highest BCUT2D eigenvalue weighted by atomic mass is 19.1. The molecule has 1 aliphatic rings. The van der Waals surface area contributed by atoms with Crippen LogP contribution in [0.2, 0.25) is 0 Å². The molecule has 94 valence electrons. The molecule has 0 atom stereocenters. The minimum atomic E-state index is -0.824. The van der Waals surface area contributed by atoms with Gasteiger partial charge in [-0.05, 0) is 33.8 Å². The number of hydrogen-bond donors (Lipinski definition) is 0. The van der Waals surface area contributed by atoms with Gasteiger partial charge in [0.25, 0.3) is 0 Å². The van der Waals surface area contributed by atoms with Crippen molar-refractivity contribution in [1.82, 2.24) is 4.98 Å². The van der Waals surface area contributed by atoms with E-state index in [1.165, 1.54) is 12.3 Å². The van der Waals surface area contributed by atoms with Crippen molar-refractivity contribution in [1.29, 1.82) is 0 Å². The first-order chi connectivity index (χ1) is 8.28. The molecule has 0 amide bonds. The minimum Gasteiger partial charge on any atom is -0.399 e. The number of hydrogen-bond acceptors (Lipinski definition) is 3. The number of rotatable bonds is 1. The Labute approximate surface area is 107 Å². The van der Waals surface area contributed by atoms with Crippen molar-refractivity contribution in [2.75, 3.05) is 0 Å². The maximum Gasteiger partial charge on any atom is 0.500 e. The van der Waals surface area contributed by atoms with Crippen LogP contribution in [0.4, 0.5) is 4.39 Å². The molecule has 0 spiro atoms. The summed E-state index contributed by atoms with van der Waals surface area (Å²) in [6, 6.07) is 1.25. The lowest BCUT2D eigenvalue weighted by Crippen LogP contribution is -2.41. The van der Waals surface area contributed by atoms with Crippen LogP contribution in [0.5, 0.6) is 0 Å². The Kier molecular flexibility index (Phi) is 2.96. The van der Waals surface area contributed by atoms with Crippen LogP contribution >= 0.6 is 0 Å². The standard InChI is InChI=1S/C13H15BFNO2/c1-6-10-11(9(15)7-8-16-10)14-17-12(2,3)13(4,5)18-14/h1,7-8H,2-5H3. The lowest BCUT2D eigenvalue weighted by Gasteiger charge is -2.32. The lowest BCUT2D eigenvalue weighted by molar-refractivity contribution is 0.00578.